The number of fused-ring (bicyclic) bond motifs is 5. The predicted molar refractivity (Wildman–Crippen MR) is 143 cm³/mol. The van der Waals surface area contributed by atoms with Crippen LogP contribution in [0.2, 0.25) is 0 Å². The number of hydrogen-bond acceptors (Lipinski definition) is 6. The van der Waals surface area contributed by atoms with Crippen LogP contribution in [0.15, 0.2) is 39.3 Å². The van der Waals surface area contributed by atoms with Crippen molar-refractivity contribution in [1.82, 2.24) is 4.90 Å². The first kappa shape index (κ1) is 26.1. The summed E-state index contributed by atoms with van der Waals surface area (Å²) in [5, 5.41) is 9.52. The lowest BCUT2D eigenvalue weighted by atomic mass is 9.45. The van der Waals surface area contributed by atoms with E-state index in [0.29, 0.717) is 54.8 Å². The van der Waals surface area contributed by atoms with Crippen molar-refractivity contribution in [3.05, 3.63) is 46.0 Å². The highest BCUT2D eigenvalue weighted by atomic mass is 16.7. The summed E-state index contributed by atoms with van der Waals surface area (Å²) in [5.41, 5.74) is 2.97. The molecule has 38 heavy (non-hydrogen) atoms. The molecule has 4 fully saturated rings. The number of carboxylic acid groups (broad SMARTS) is 1. The predicted octanol–water partition coefficient (Wildman–Crippen LogP) is 5.70. The first-order chi connectivity index (χ1) is 18.3. The third kappa shape index (κ3) is 4.53. The molecule has 1 aromatic heterocycles. The van der Waals surface area contributed by atoms with Crippen LogP contribution in [0.25, 0.3) is 0 Å². The molecule has 0 spiro atoms. The van der Waals surface area contributed by atoms with Gasteiger partial charge in [0.25, 0.3) is 0 Å². The summed E-state index contributed by atoms with van der Waals surface area (Å²) in [6.45, 7) is 8.79. The van der Waals surface area contributed by atoms with Gasteiger partial charge in [-0.05, 0) is 103 Å². The Balaban J connectivity index is 1.17. The molecular weight excluding hydrogens is 482 g/mol. The fourth-order valence-electron chi connectivity index (χ4n) is 9.48. The number of nitrogens with zero attached hydrogens (tertiary/aromatic N) is 1. The van der Waals surface area contributed by atoms with Crippen LogP contribution in [0.5, 0.6) is 0 Å². The van der Waals surface area contributed by atoms with Gasteiger partial charge in [-0.25, -0.2) is 9.59 Å². The third-order valence-electron chi connectivity index (χ3n) is 11.6. The van der Waals surface area contributed by atoms with Crippen LogP contribution in [0.4, 0.5) is 4.79 Å². The number of rotatable bonds is 5. The second-order valence-corrected chi connectivity index (χ2v) is 13.2. The van der Waals surface area contributed by atoms with E-state index in [0.717, 1.165) is 44.3 Å². The minimum absolute atomic E-state index is 0.139. The first-order valence-corrected chi connectivity index (χ1v) is 14.8. The Morgan fingerprint density at radius 1 is 1.16 bits per heavy atom. The van der Waals surface area contributed by atoms with Gasteiger partial charge in [0.15, 0.2) is 0 Å². The summed E-state index contributed by atoms with van der Waals surface area (Å²) in [6.07, 6.45) is 12.0. The van der Waals surface area contributed by atoms with Gasteiger partial charge in [-0.3, -0.25) is 4.90 Å². The van der Waals surface area contributed by atoms with Crippen LogP contribution in [-0.4, -0.2) is 55.1 Å². The van der Waals surface area contributed by atoms with Crippen molar-refractivity contribution < 1.29 is 23.8 Å². The van der Waals surface area contributed by atoms with E-state index in [4.69, 9.17) is 13.9 Å². The zero-order valence-corrected chi connectivity index (χ0v) is 22.9. The molecule has 0 bridgehead atoms. The zero-order chi connectivity index (χ0) is 26.5. The van der Waals surface area contributed by atoms with Crippen LogP contribution in [0.3, 0.4) is 0 Å². The fourth-order valence-corrected chi connectivity index (χ4v) is 9.48. The van der Waals surface area contributed by atoms with Gasteiger partial charge >= 0.3 is 11.8 Å². The summed E-state index contributed by atoms with van der Waals surface area (Å²) in [5.74, 6) is 2.62. The Kier molecular flexibility index (Phi) is 6.96. The topological polar surface area (TPSA) is 89.2 Å². The first-order valence-electron chi connectivity index (χ1n) is 14.8. The molecule has 8 atom stereocenters. The van der Waals surface area contributed by atoms with Gasteiger partial charge in [-0.15, -0.1) is 0 Å². The molecular formula is C31H43NO6. The molecule has 4 aliphatic carbocycles. The zero-order valence-electron chi connectivity index (χ0n) is 22.9. The normalized spacial score (nSPS) is 39.8. The van der Waals surface area contributed by atoms with E-state index in [2.05, 4.69) is 24.8 Å². The third-order valence-corrected chi connectivity index (χ3v) is 11.6. The molecule has 3 saturated carbocycles. The quantitative estimate of drug-likeness (QED) is 0.390. The minimum atomic E-state index is -1.15. The Labute approximate surface area is 225 Å². The maximum atomic E-state index is 11.6. The van der Waals surface area contributed by atoms with Gasteiger partial charge in [-0.1, -0.05) is 25.5 Å². The molecule has 0 radical (unpaired) electrons. The molecule has 2 heterocycles. The number of morpholine rings is 1. The lowest BCUT2D eigenvalue weighted by Crippen LogP contribution is -2.53. The summed E-state index contributed by atoms with van der Waals surface area (Å²) < 4.78 is 16.3. The molecule has 0 amide bonds. The molecule has 7 nitrogen and oxygen atoms in total. The number of ether oxygens (including phenoxy) is 2. The summed E-state index contributed by atoms with van der Waals surface area (Å²) in [6, 6.07) is 3.53. The summed E-state index contributed by atoms with van der Waals surface area (Å²) in [4.78, 5) is 25.5. The highest BCUT2D eigenvalue weighted by Crippen LogP contribution is 2.67. The van der Waals surface area contributed by atoms with Crippen LogP contribution < -0.4 is 5.63 Å². The van der Waals surface area contributed by atoms with Gasteiger partial charge in [0, 0.05) is 25.7 Å². The monoisotopic (exact) mass is 525 g/mol. The van der Waals surface area contributed by atoms with Crippen molar-refractivity contribution in [1.29, 1.82) is 0 Å². The Bertz CT molecular complexity index is 1100. The summed E-state index contributed by atoms with van der Waals surface area (Å²) >= 11 is 0. The minimum Gasteiger partial charge on any atom is -0.450 e. The largest absolute Gasteiger partial charge is 0.506 e. The van der Waals surface area contributed by atoms with E-state index < -0.39 is 6.16 Å². The van der Waals surface area contributed by atoms with Gasteiger partial charge in [0.05, 0.1) is 19.5 Å². The van der Waals surface area contributed by atoms with Gasteiger partial charge < -0.3 is 19.0 Å². The standard InChI is InChI=1S/C31H43NO6/c1-30-11-9-20(27(38-29(34)35)18-32-13-15-36-16-14-32)17-22(30)4-5-23-25-7-6-24(21-3-8-28(33)37-19-21)31(25,2)12-10-26(23)30/h3,7-8,19-20,22-24,26-27H,4-6,9-18H2,1-2H3,(H,34,35)/t20-,22+,23-,24+,26-,27?,30-,31+/m0/s1. The van der Waals surface area contributed by atoms with Crippen LogP contribution in [-0.2, 0) is 9.47 Å². The lowest BCUT2D eigenvalue weighted by molar-refractivity contribution is -0.0919. The van der Waals surface area contributed by atoms with E-state index in [1.54, 1.807) is 17.9 Å². The number of carbonyl (C=O) groups is 1. The SMILES string of the molecule is C[C@]12CC[C@H](C(CN3CCOCC3)OC(=O)O)C[C@H]1CC[C@H]1C3=CC[C@H](c4ccc(=O)oc4)[C@@]3(C)CC[C@@H]12. The average Bonchev–Trinajstić information content (AvgIpc) is 3.26. The highest BCUT2D eigenvalue weighted by molar-refractivity contribution is 5.57. The molecule has 208 valence electrons. The maximum Gasteiger partial charge on any atom is 0.506 e. The number of allylic oxidation sites excluding steroid dienone is 2. The molecule has 1 aliphatic heterocycles. The maximum absolute atomic E-state index is 11.6. The molecule has 1 saturated heterocycles. The fraction of sp³-hybridized carbons (Fsp3) is 0.742. The molecule has 1 aromatic rings. The highest BCUT2D eigenvalue weighted by Gasteiger charge is 2.58. The van der Waals surface area contributed by atoms with E-state index in [1.807, 2.05) is 6.07 Å². The molecule has 1 unspecified atom stereocenters. The molecule has 1 N–H and O–H groups in total. The van der Waals surface area contributed by atoms with Crippen molar-refractivity contribution in [3.8, 4) is 0 Å². The molecule has 0 aromatic carbocycles. The van der Waals surface area contributed by atoms with Crippen LogP contribution in [0.1, 0.15) is 76.7 Å². The van der Waals surface area contributed by atoms with Gasteiger partial charge in [0.2, 0.25) is 0 Å². The molecule has 6 rings (SSSR count). The van der Waals surface area contributed by atoms with E-state index in [-0.39, 0.29) is 17.1 Å². The lowest BCUT2D eigenvalue weighted by Gasteiger charge is -2.60. The van der Waals surface area contributed by atoms with Crippen LogP contribution >= 0.6 is 0 Å². The Morgan fingerprint density at radius 2 is 1.97 bits per heavy atom. The molecule has 5 aliphatic rings. The van der Waals surface area contributed by atoms with Gasteiger partial charge in [-0.2, -0.15) is 0 Å². The summed E-state index contributed by atoms with van der Waals surface area (Å²) in [7, 11) is 0. The van der Waals surface area contributed by atoms with E-state index in [1.165, 1.54) is 25.7 Å². The Morgan fingerprint density at radius 3 is 2.71 bits per heavy atom. The van der Waals surface area contributed by atoms with Crippen molar-refractivity contribution >= 4 is 6.16 Å². The van der Waals surface area contributed by atoms with E-state index >= 15 is 0 Å². The van der Waals surface area contributed by atoms with Crippen molar-refractivity contribution in [2.45, 2.75) is 77.2 Å². The van der Waals surface area contributed by atoms with Crippen molar-refractivity contribution in [2.75, 3.05) is 32.8 Å². The number of hydrogen-bond donors (Lipinski definition) is 1. The van der Waals surface area contributed by atoms with Gasteiger partial charge in [0.1, 0.15) is 6.10 Å². The molecule has 7 heteroatoms. The Hall–Kier alpha value is -2.12. The van der Waals surface area contributed by atoms with E-state index in [9.17, 15) is 14.7 Å². The second-order valence-electron chi connectivity index (χ2n) is 13.2. The van der Waals surface area contributed by atoms with Crippen molar-refractivity contribution in [3.63, 3.8) is 0 Å². The van der Waals surface area contributed by atoms with Crippen LogP contribution in [0, 0.1) is 34.5 Å². The second kappa shape index (κ2) is 10.1. The smallest absolute Gasteiger partial charge is 0.450 e. The van der Waals surface area contributed by atoms with Crippen molar-refractivity contribution in [2.24, 2.45) is 34.5 Å². The average molecular weight is 526 g/mol.